The second-order valence-electron chi connectivity index (χ2n) is 7.04. The maximum atomic E-state index is 12.8. The Morgan fingerprint density at radius 2 is 1.97 bits per heavy atom. The predicted octanol–water partition coefficient (Wildman–Crippen LogP) is 4.39. The molecule has 1 aliphatic heterocycles. The number of rotatable bonds is 6. The smallest absolute Gasteiger partial charge is 0.224 e. The summed E-state index contributed by atoms with van der Waals surface area (Å²) in [5, 5.41) is 3.81. The number of para-hydroxylation sites is 1. The third-order valence-electron chi connectivity index (χ3n) is 5.11. The SMILES string of the molecule is COc1ccc(NC(=O)CCC(=O)N2CCCC2c2nc3ccccc3s2)cc1. The van der Waals surface area contributed by atoms with Crippen LogP contribution in [0.4, 0.5) is 5.69 Å². The summed E-state index contributed by atoms with van der Waals surface area (Å²) in [4.78, 5) is 31.6. The van der Waals surface area contributed by atoms with E-state index in [9.17, 15) is 9.59 Å². The van der Waals surface area contributed by atoms with Gasteiger partial charge in [0.1, 0.15) is 10.8 Å². The highest BCUT2D eigenvalue weighted by Gasteiger charge is 2.32. The second-order valence-corrected chi connectivity index (χ2v) is 8.10. The molecule has 0 aliphatic carbocycles. The lowest BCUT2D eigenvalue weighted by atomic mass is 10.2. The van der Waals surface area contributed by atoms with Crippen molar-refractivity contribution >= 4 is 39.1 Å². The number of amides is 2. The number of nitrogens with zero attached hydrogens (tertiary/aromatic N) is 2. The number of anilines is 1. The van der Waals surface area contributed by atoms with E-state index < -0.39 is 0 Å². The van der Waals surface area contributed by atoms with E-state index in [1.54, 1.807) is 42.7 Å². The zero-order valence-corrected chi connectivity index (χ0v) is 17.1. The Balaban J connectivity index is 1.35. The van der Waals surface area contributed by atoms with Crippen molar-refractivity contribution in [3.63, 3.8) is 0 Å². The van der Waals surface area contributed by atoms with Crippen LogP contribution in [0.2, 0.25) is 0 Å². The number of hydrogen-bond acceptors (Lipinski definition) is 5. The number of ether oxygens (including phenoxy) is 1. The summed E-state index contributed by atoms with van der Waals surface area (Å²) in [6.45, 7) is 0.722. The van der Waals surface area contributed by atoms with Gasteiger partial charge >= 0.3 is 0 Å². The number of methoxy groups -OCH3 is 1. The molecule has 4 rings (SSSR count). The van der Waals surface area contributed by atoms with Crippen LogP contribution in [0, 0.1) is 0 Å². The van der Waals surface area contributed by atoms with Crippen LogP contribution < -0.4 is 10.1 Å². The van der Waals surface area contributed by atoms with Crippen molar-refractivity contribution in [2.24, 2.45) is 0 Å². The lowest BCUT2D eigenvalue weighted by Crippen LogP contribution is -2.31. The fraction of sp³-hybridized carbons (Fsp3) is 0.318. The lowest BCUT2D eigenvalue weighted by Gasteiger charge is -2.23. The monoisotopic (exact) mass is 409 g/mol. The van der Waals surface area contributed by atoms with Crippen LogP contribution in [0.5, 0.6) is 5.75 Å². The fourth-order valence-electron chi connectivity index (χ4n) is 3.62. The van der Waals surface area contributed by atoms with Crippen molar-refractivity contribution in [3.8, 4) is 5.75 Å². The van der Waals surface area contributed by atoms with E-state index in [1.807, 2.05) is 23.1 Å². The summed E-state index contributed by atoms with van der Waals surface area (Å²) >= 11 is 1.65. The Morgan fingerprint density at radius 3 is 2.72 bits per heavy atom. The molecule has 7 heteroatoms. The van der Waals surface area contributed by atoms with Crippen LogP contribution in [0.25, 0.3) is 10.2 Å². The van der Waals surface area contributed by atoms with Gasteiger partial charge in [0.15, 0.2) is 0 Å². The van der Waals surface area contributed by atoms with Crippen LogP contribution in [-0.2, 0) is 9.59 Å². The number of carbonyl (C=O) groups excluding carboxylic acids is 2. The number of aromatic nitrogens is 1. The Labute approximate surface area is 173 Å². The molecule has 1 aliphatic rings. The Bertz CT molecular complexity index is 983. The van der Waals surface area contributed by atoms with Crippen LogP contribution in [0.15, 0.2) is 48.5 Å². The van der Waals surface area contributed by atoms with E-state index >= 15 is 0 Å². The van der Waals surface area contributed by atoms with E-state index in [2.05, 4.69) is 11.4 Å². The van der Waals surface area contributed by atoms with Crippen LogP contribution in [-0.4, -0.2) is 35.4 Å². The molecule has 2 heterocycles. The van der Waals surface area contributed by atoms with Gasteiger partial charge in [0, 0.05) is 25.1 Å². The van der Waals surface area contributed by atoms with Crippen LogP contribution >= 0.6 is 11.3 Å². The van der Waals surface area contributed by atoms with Crippen LogP contribution in [0.3, 0.4) is 0 Å². The molecular formula is C22H23N3O3S. The van der Waals surface area contributed by atoms with E-state index in [-0.39, 0.29) is 30.7 Å². The average Bonchev–Trinajstić information content (AvgIpc) is 3.39. The molecule has 2 aromatic carbocycles. The minimum absolute atomic E-state index is 0.0108. The zero-order chi connectivity index (χ0) is 20.2. The number of carbonyl (C=O) groups is 2. The third kappa shape index (κ3) is 4.40. The van der Waals surface area contributed by atoms with Crippen LogP contribution in [0.1, 0.15) is 36.7 Å². The summed E-state index contributed by atoms with van der Waals surface area (Å²) in [7, 11) is 1.60. The van der Waals surface area contributed by atoms with Crippen molar-refractivity contribution in [1.82, 2.24) is 9.88 Å². The van der Waals surface area contributed by atoms with Gasteiger partial charge in [-0.1, -0.05) is 12.1 Å². The minimum atomic E-state index is -0.167. The van der Waals surface area contributed by atoms with Gasteiger partial charge in [0.05, 0.1) is 23.4 Å². The summed E-state index contributed by atoms with van der Waals surface area (Å²) in [6.07, 6.45) is 2.24. The van der Waals surface area contributed by atoms with Gasteiger partial charge in [-0.3, -0.25) is 9.59 Å². The first-order valence-electron chi connectivity index (χ1n) is 9.73. The van der Waals surface area contributed by atoms with E-state index in [0.717, 1.165) is 40.4 Å². The first kappa shape index (κ1) is 19.4. The maximum absolute atomic E-state index is 12.8. The summed E-state index contributed by atoms with van der Waals surface area (Å²) in [6, 6.07) is 15.2. The second kappa shape index (κ2) is 8.61. The summed E-state index contributed by atoms with van der Waals surface area (Å²) in [5.41, 5.74) is 1.67. The van der Waals surface area contributed by atoms with Gasteiger partial charge in [-0.2, -0.15) is 0 Å². The fourth-order valence-corrected chi connectivity index (χ4v) is 4.73. The highest BCUT2D eigenvalue weighted by molar-refractivity contribution is 7.18. The molecular weight excluding hydrogens is 386 g/mol. The molecule has 2 amide bonds. The van der Waals surface area contributed by atoms with Crippen molar-refractivity contribution in [2.45, 2.75) is 31.7 Å². The topological polar surface area (TPSA) is 71.5 Å². The van der Waals surface area contributed by atoms with E-state index in [4.69, 9.17) is 9.72 Å². The summed E-state index contributed by atoms with van der Waals surface area (Å²) < 4.78 is 6.25. The predicted molar refractivity (Wildman–Crippen MR) is 114 cm³/mol. The molecule has 0 spiro atoms. The van der Waals surface area contributed by atoms with Crippen molar-refractivity contribution in [3.05, 3.63) is 53.5 Å². The molecule has 6 nitrogen and oxygen atoms in total. The lowest BCUT2D eigenvalue weighted by molar-refractivity contribution is -0.133. The largest absolute Gasteiger partial charge is 0.497 e. The van der Waals surface area contributed by atoms with E-state index in [1.165, 1.54) is 0 Å². The molecule has 1 aromatic heterocycles. The maximum Gasteiger partial charge on any atom is 0.224 e. The zero-order valence-electron chi connectivity index (χ0n) is 16.3. The first-order valence-corrected chi connectivity index (χ1v) is 10.5. The highest BCUT2D eigenvalue weighted by atomic mass is 32.1. The Morgan fingerprint density at radius 1 is 1.17 bits per heavy atom. The molecule has 3 aromatic rings. The summed E-state index contributed by atoms with van der Waals surface area (Å²) in [5.74, 6) is 0.573. The number of fused-ring (bicyclic) bond motifs is 1. The van der Waals surface area contributed by atoms with Gasteiger partial charge in [-0.15, -0.1) is 11.3 Å². The Kier molecular flexibility index (Phi) is 5.76. The normalized spacial score (nSPS) is 16.2. The molecule has 0 radical (unpaired) electrons. The standard InChI is InChI=1S/C22H23N3O3S/c1-28-16-10-8-15(9-11-16)23-20(26)12-13-21(27)25-14-4-6-18(25)22-24-17-5-2-3-7-19(17)29-22/h2-3,5,7-11,18H,4,6,12-14H2,1H3,(H,23,26). The molecule has 29 heavy (non-hydrogen) atoms. The number of likely N-dealkylation sites (tertiary alicyclic amines) is 1. The highest BCUT2D eigenvalue weighted by Crippen LogP contribution is 2.36. The number of benzene rings is 2. The first-order chi connectivity index (χ1) is 14.1. The minimum Gasteiger partial charge on any atom is -0.497 e. The van der Waals surface area contributed by atoms with Crippen molar-refractivity contribution < 1.29 is 14.3 Å². The van der Waals surface area contributed by atoms with Gasteiger partial charge in [0.25, 0.3) is 0 Å². The molecule has 1 unspecified atom stereocenters. The molecule has 150 valence electrons. The molecule has 0 saturated carbocycles. The quantitative estimate of drug-likeness (QED) is 0.656. The van der Waals surface area contributed by atoms with Crippen molar-refractivity contribution in [2.75, 3.05) is 19.0 Å². The molecule has 1 saturated heterocycles. The molecule has 1 N–H and O–H groups in total. The van der Waals surface area contributed by atoms with Gasteiger partial charge in [-0.05, 0) is 49.2 Å². The Hall–Kier alpha value is -2.93. The van der Waals surface area contributed by atoms with Crippen molar-refractivity contribution in [1.29, 1.82) is 0 Å². The molecule has 0 bridgehead atoms. The van der Waals surface area contributed by atoms with Gasteiger partial charge in [0.2, 0.25) is 11.8 Å². The number of thiazole rings is 1. The third-order valence-corrected chi connectivity index (χ3v) is 6.25. The van der Waals surface area contributed by atoms with Gasteiger partial charge in [-0.25, -0.2) is 4.98 Å². The molecule has 1 atom stereocenters. The molecule has 1 fully saturated rings. The average molecular weight is 410 g/mol. The number of hydrogen-bond donors (Lipinski definition) is 1. The van der Waals surface area contributed by atoms with Gasteiger partial charge < -0.3 is 15.0 Å². The number of nitrogens with one attached hydrogen (secondary N) is 1. The van der Waals surface area contributed by atoms with E-state index in [0.29, 0.717) is 5.69 Å².